The predicted molar refractivity (Wildman–Crippen MR) is 150 cm³/mol. The van der Waals surface area contributed by atoms with Crippen LogP contribution in [0.1, 0.15) is 57.5 Å². The normalized spacial score (nSPS) is 20.8. The number of ether oxygens (including phenoxy) is 2. The number of carbonyl (C=O) groups excluding carboxylic acids is 1. The Morgan fingerprint density at radius 1 is 1.25 bits per heavy atom. The van der Waals surface area contributed by atoms with E-state index in [0.717, 1.165) is 25.1 Å². The number of aryl methyl sites for hydroxylation is 1. The number of hydrogen-bond acceptors (Lipinski definition) is 9. The van der Waals surface area contributed by atoms with Crippen molar-refractivity contribution in [3.8, 4) is 6.01 Å². The van der Waals surface area contributed by atoms with Gasteiger partial charge in [-0.25, -0.2) is 4.39 Å². The fourth-order valence-electron chi connectivity index (χ4n) is 6.47. The van der Waals surface area contributed by atoms with Gasteiger partial charge in [-0.3, -0.25) is 9.48 Å². The summed E-state index contributed by atoms with van der Waals surface area (Å²) in [7, 11) is 1.38. The molecule has 3 aromatic rings. The average Bonchev–Trinajstić information content (AvgIpc) is 3.10. The first-order valence-electron chi connectivity index (χ1n) is 14.2. The van der Waals surface area contributed by atoms with E-state index in [-0.39, 0.29) is 47.7 Å². The van der Waals surface area contributed by atoms with Crippen molar-refractivity contribution in [3.63, 3.8) is 0 Å². The van der Waals surface area contributed by atoms with Crippen LogP contribution in [0.25, 0.3) is 0 Å². The molecule has 7 rings (SSSR count). The number of hydrogen-bond donors (Lipinski definition) is 2. The summed E-state index contributed by atoms with van der Waals surface area (Å²) in [5.41, 5.74) is 5.19. The van der Waals surface area contributed by atoms with Gasteiger partial charge in [0.05, 0.1) is 59.6 Å². The molecule has 3 N–H and O–H groups in total. The largest absolute Gasteiger partial charge is 0.467 e. The second-order valence-corrected chi connectivity index (χ2v) is 12.0. The van der Waals surface area contributed by atoms with E-state index in [4.69, 9.17) is 26.8 Å². The standard InChI is InChI=1S/C28H29ClF4N8O3/c1-43-26-36-17-9-19(20-15(28(31,32)33)3-4-16(34)22(20)30)44-11-14(17)24(37-26)39-7-2-8-41-18(10-39)21(29)23(38-41)25(42)40-12-27(13-40)5-6-35-27/h3-4,19,35H,2,5-13,34H2,1H3. The molecular weight excluding hydrogens is 608 g/mol. The molecule has 6 heterocycles. The van der Waals surface area contributed by atoms with Crippen LogP contribution in [0.15, 0.2) is 12.1 Å². The average molecular weight is 637 g/mol. The summed E-state index contributed by atoms with van der Waals surface area (Å²) >= 11 is 6.78. The first-order valence-corrected chi connectivity index (χ1v) is 14.6. The number of likely N-dealkylation sites (tertiary alicyclic amines) is 1. The number of rotatable bonds is 4. The van der Waals surface area contributed by atoms with Gasteiger partial charge in [-0.15, -0.1) is 0 Å². The van der Waals surface area contributed by atoms with E-state index in [9.17, 15) is 18.0 Å². The zero-order valence-corrected chi connectivity index (χ0v) is 24.4. The van der Waals surface area contributed by atoms with Gasteiger partial charge in [-0.2, -0.15) is 28.2 Å². The molecule has 4 aliphatic heterocycles. The first-order chi connectivity index (χ1) is 21.0. The molecule has 1 spiro atoms. The van der Waals surface area contributed by atoms with Crippen LogP contribution in [0, 0.1) is 5.82 Å². The number of amides is 1. The Morgan fingerprint density at radius 2 is 2.02 bits per heavy atom. The van der Waals surface area contributed by atoms with E-state index in [0.29, 0.717) is 55.4 Å². The lowest BCUT2D eigenvalue weighted by atomic mass is 9.80. The molecule has 234 valence electrons. The minimum atomic E-state index is -4.82. The smallest absolute Gasteiger partial charge is 0.416 e. The van der Waals surface area contributed by atoms with Crippen molar-refractivity contribution in [2.75, 3.05) is 43.9 Å². The van der Waals surface area contributed by atoms with Crippen molar-refractivity contribution in [1.29, 1.82) is 0 Å². The monoisotopic (exact) mass is 636 g/mol. The van der Waals surface area contributed by atoms with Gasteiger partial charge in [-0.1, -0.05) is 11.6 Å². The molecule has 0 saturated carbocycles. The van der Waals surface area contributed by atoms with Gasteiger partial charge in [0.15, 0.2) is 11.5 Å². The first kappa shape index (κ1) is 29.0. The maximum Gasteiger partial charge on any atom is 0.416 e. The third-order valence-electron chi connectivity index (χ3n) is 8.89. The summed E-state index contributed by atoms with van der Waals surface area (Å²) in [6, 6.07) is 1.65. The van der Waals surface area contributed by atoms with Crippen molar-refractivity contribution >= 4 is 29.0 Å². The summed E-state index contributed by atoms with van der Waals surface area (Å²) in [5.74, 6) is -0.935. The van der Waals surface area contributed by atoms with Crippen molar-refractivity contribution in [2.45, 2.75) is 56.8 Å². The lowest BCUT2D eigenvalue weighted by Crippen LogP contribution is -2.76. The molecular formula is C28H29ClF4N8O3. The van der Waals surface area contributed by atoms with Crippen LogP contribution < -0.4 is 20.7 Å². The zero-order valence-electron chi connectivity index (χ0n) is 23.7. The molecule has 16 heteroatoms. The van der Waals surface area contributed by atoms with E-state index < -0.39 is 34.9 Å². The van der Waals surface area contributed by atoms with Gasteiger partial charge < -0.3 is 30.3 Å². The van der Waals surface area contributed by atoms with E-state index in [1.807, 2.05) is 4.90 Å². The third-order valence-corrected chi connectivity index (χ3v) is 9.29. The molecule has 44 heavy (non-hydrogen) atoms. The number of carbonyl (C=O) groups is 1. The molecule has 4 aliphatic rings. The van der Waals surface area contributed by atoms with Gasteiger partial charge in [0.2, 0.25) is 0 Å². The second-order valence-electron chi connectivity index (χ2n) is 11.6. The predicted octanol–water partition coefficient (Wildman–Crippen LogP) is 3.49. The summed E-state index contributed by atoms with van der Waals surface area (Å²) in [6.07, 6.45) is -4.60. The van der Waals surface area contributed by atoms with Crippen LogP contribution in [0.4, 0.5) is 29.1 Å². The lowest BCUT2D eigenvalue weighted by molar-refractivity contribution is -0.140. The van der Waals surface area contributed by atoms with Crippen LogP contribution in [0.5, 0.6) is 6.01 Å². The Morgan fingerprint density at radius 3 is 2.70 bits per heavy atom. The summed E-state index contributed by atoms with van der Waals surface area (Å²) < 4.78 is 69.5. The Hall–Kier alpha value is -3.69. The van der Waals surface area contributed by atoms with E-state index >= 15 is 4.39 Å². The van der Waals surface area contributed by atoms with E-state index in [2.05, 4.69) is 20.4 Å². The van der Waals surface area contributed by atoms with Gasteiger partial charge in [0.25, 0.3) is 5.91 Å². The highest BCUT2D eigenvalue weighted by Gasteiger charge is 2.50. The summed E-state index contributed by atoms with van der Waals surface area (Å²) in [5, 5.41) is 8.22. The van der Waals surface area contributed by atoms with Gasteiger partial charge in [-0.05, 0) is 31.5 Å². The van der Waals surface area contributed by atoms with Gasteiger partial charge in [0, 0.05) is 43.7 Å². The fourth-order valence-corrected chi connectivity index (χ4v) is 6.74. The number of anilines is 2. The molecule has 2 saturated heterocycles. The number of nitrogens with two attached hydrogens (primary N) is 1. The second kappa shape index (κ2) is 10.4. The van der Waals surface area contributed by atoms with Gasteiger partial charge >= 0.3 is 12.2 Å². The Labute approximate surface area is 254 Å². The number of nitrogens with one attached hydrogen (secondary N) is 1. The number of nitrogen functional groups attached to an aromatic ring is 1. The highest BCUT2D eigenvalue weighted by atomic mass is 35.5. The van der Waals surface area contributed by atoms with Crippen LogP contribution in [0.2, 0.25) is 5.02 Å². The molecule has 0 radical (unpaired) electrons. The SMILES string of the molecule is COc1nc2c(c(N3CCCn4nc(C(=O)N5CC6(CCN6)C5)c(Cl)c4C3)n1)COC(c1c(C(F)(F)F)ccc(N)c1F)C2. The number of fused-ring (bicyclic) bond motifs is 2. The number of nitrogens with zero attached hydrogens (tertiary/aromatic N) is 6. The molecule has 1 atom stereocenters. The van der Waals surface area contributed by atoms with Crippen LogP contribution >= 0.6 is 11.6 Å². The van der Waals surface area contributed by atoms with Crippen molar-refractivity contribution in [2.24, 2.45) is 0 Å². The number of benzene rings is 1. The van der Waals surface area contributed by atoms with Crippen LogP contribution in [-0.2, 0) is 37.0 Å². The van der Waals surface area contributed by atoms with Crippen molar-refractivity contribution in [1.82, 2.24) is 30.0 Å². The topological polar surface area (TPSA) is 124 Å². The van der Waals surface area contributed by atoms with Gasteiger partial charge in [0.1, 0.15) is 5.82 Å². The van der Waals surface area contributed by atoms with E-state index in [1.54, 1.807) is 9.58 Å². The molecule has 1 aromatic carbocycles. The highest BCUT2D eigenvalue weighted by Crippen LogP contribution is 2.43. The Balaban J connectivity index is 1.19. The molecule has 1 unspecified atom stereocenters. The fraction of sp³-hybridized carbons (Fsp3) is 0.500. The molecule has 11 nitrogen and oxygen atoms in total. The minimum Gasteiger partial charge on any atom is -0.467 e. The summed E-state index contributed by atoms with van der Waals surface area (Å²) in [4.78, 5) is 25.9. The lowest BCUT2D eigenvalue weighted by Gasteiger charge is -2.56. The number of aromatic nitrogens is 4. The van der Waals surface area contributed by atoms with E-state index in [1.165, 1.54) is 7.11 Å². The number of methoxy groups -OCH3 is 1. The third kappa shape index (κ3) is 4.72. The maximum absolute atomic E-state index is 15.1. The zero-order chi connectivity index (χ0) is 31.0. The quantitative estimate of drug-likeness (QED) is 0.327. The van der Waals surface area contributed by atoms with Crippen molar-refractivity contribution in [3.05, 3.63) is 56.7 Å². The molecule has 1 amide bonds. The molecule has 2 aromatic heterocycles. The number of alkyl halides is 3. The molecule has 2 fully saturated rings. The number of halogens is 5. The maximum atomic E-state index is 15.1. The van der Waals surface area contributed by atoms with Crippen LogP contribution in [-0.4, -0.2) is 69.4 Å². The molecule has 0 bridgehead atoms. The Kier molecular flexibility index (Phi) is 6.90. The molecule has 0 aliphatic carbocycles. The summed E-state index contributed by atoms with van der Waals surface area (Å²) in [6.45, 7) is 3.31. The minimum absolute atomic E-state index is 0.000438. The van der Waals surface area contributed by atoms with Crippen LogP contribution in [0.3, 0.4) is 0 Å². The Bertz CT molecular complexity index is 1650. The van der Waals surface area contributed by atoms with Crippen molar-refractivity contribution < 1.29 is 31.8 Å². The highest BCUT2D eigenvalue weighted by molar-refractivity contribution is 6.34.